The third-order valence-corrected chi connectivity index (χ3v) is 8.59. The Hall–Kier alpha value is -4.86. The molecule has 0 saturated carbocycles. The van der Waals surface area contributed by atoms with Crippen molar-refractivity contribution in [2.45, 2.75) is 18.5 Å². The molecular formula is C32H40N10O5. The Bertz CT molecular complexity index is 1540. The van der Waals surface area contributed by atoms with Gasteiger partial charge in [-0.2, -0.15) is 15.0 Å². The molecule has 0 unspecified atom stereocenters. The number of primary amides is 1. The third-order valence-electron chi connectivity index (χ3n) is 8.59. The van der Waals surface area contributed by atoms with Crippen LogP contribution in [0, 0.1) is 0 Å². The SMILES string of the molecule is CN(C)[C@H]1C[C@@H](C(N)=O)N(C(=O)c2ccc(NC(=O)Nc3ccc(-c4nc(N5CCOCC5)nc(N5CCOCC5)n4)cc3)cc2)C1. The van der Waals surface area contributed by atoms with Crippen molar-refractivity contribution < 1.29 is 23.9 Å². The molecule has 3 aromatic rings. The number of likely N-dealkylation sites (N-methyl/N-ethyl adjacent to an activating group) is 1. The summed E-state index contributed by atoms with van der Waals surface area (Å²) in [6, 6.07) is 12.8. The molecule has 0 radical (unpaired) electrons. The molecule has 248 valence electrons. The van der Waals surface area contributed by atoms with E-state index in [1.807, 2.05) is 31.1 Å². The van der Waals surface area contributed by atoms with Crippen molar-refractivity contribution in [2.75, 3.05) is 93.7 Å². The number of likely N-dealkylation sites (tertiary alicyclic amines) is 1. The van der Waals surface area contributed by atoms with Gasteiger partial charge in [0.2, 0.25) is 17.8 Å². The first kappa shape index (κ1) is 32.1. The van der Waals surface area contributed by atoms with Gasteiger partial charge in [0.05, 0.1) is 26.4 Å². The lowest BCUT2D eigenvalue weighted by atomic mass is 10.1. The topological polar surface area (TPSA) is 171 Å². The van der Waals surface area contributed by atoms with Gasteiger partial charge in [-0.1, -0.05) is 0 Å². The summed E-state index contributed by atoms with van der Waals surface area (Å²) < 4.78 is 11.0. The summed E-state index contributed by atoms with van der Waals surface area (Å²) >= 11 is 0. The minimum Gasteiger partial charge on any atom is -0.378 e. The first-order valence-electron chi connectivity index (χ1n) is 15.7. The summed E-state index contributed by atoms with van der Waals surface area (Å²) in [4.78, 5) is 60.1. The van der Waals surface area contributed by atoms with Crippen molar-refractivity contribution in [3.8, 4) is 11.4 Å². The van der Waals surface area contributed by atoms with Crippen LogP contribution in [0.4, 0.5) is 28.1 Å². The van der Waals surface area contributed by atoms with Crippen LogP contribution in [0.2, 0.25) is 0 Å². The number of ether oxygens (including phenoxy) is 2. The van der Waals surface area contributed by atoms with Crippen LogP contribution >= 0.6 is 0 Å². The molecule has 15 nitrogen and oxygen atoms in total. The molecule has 3 aliphatic heterocycles. The van der Waals surface area contributed by atoms with Gasteiger partial charge in [-0.05, 0) is 69.0 Å². The molecule has 3 fully saturated rings. The van der Waals surface area contributed by atoms with Gasteiger partial charge in [0.25, 0.3) is 5.91 Å². The Morgan fingerprint density at radius 1 is 0.787 bits per heavy atom. The smallest absolute Gasteiger partial charge is 0.323 e. The molecule has 47 heavy (non-hydrogen) atoms. The van der Waals surface area contributed by atoms with Crippen molar-refractivity contribution in [1.82, 2.24) is 24.8 Å². The minimum atomic E-state index is -0.659. The van der Waals surface area contributed by atoms with Crippen molar-refractivity contribution >= 4 is 41.1 Å². The number of carbonyl (C=O) groups excluding carboxylic acids is 3. The fourth-order valence-electron chi connectivity index (χ4n) is 5.83. The second kappa shape index (κ2) is 14.3. The number of amides is 4. The van der Waals surface area contributed by atoms with Crippen LogP contribution < -0.4 is 26.2 Å². The van der Waals surface area contributed by atoms with Crippen LogP contribution in [0.3, 0.4) is 0 Å². The second-order valence-corrected chi connectivity index (χ2v) is 11.9. The van der Waals surface area contributed by atoms with E-state index in [0.29, 0.717) is 100 Å². The van der Waals surface area contributed by atoms with Crippen LogP contribution in [0.15, 0.2) is 48.5 Å². The monoisotopic (exact) mass is 644 g/mol. The van der Waals surface area contributed by atoms with E-state index < -0.39 is 18.0 Å². The van der Waals surface area contributed by atoms with E-state index in [4.69, 9.17) is 30.2 Å². The summed E-state index contributed by atoms with van der Waals surface area (Å²) in [5, 5.41) is 5.62. The number of nitrogens with zero attached hydrogens (tertiary/aromatic N) is 7. The van der Waals surface area contributed by atoms with E-state index in [-0.39, 0.29) is 11.9 Å². The number of aromatic nitrogens is 3. The molecule has 15 heteroatoms. The molecule has 4 heterocycles. The predicted octanol–water partition coefficient (Wildman–Crippen LogP) is 1.49. The number of urea groups is 1. The molecule has 3 saturated heterocycles. The van der Waals surface area contributed by atoms with Crippen LogP contribution in [0.1, 0.15) is 16.8 Å². The predicted molar refractivity (Wildman–Crippen MR) is 177 cm³/mol. The number of rotatable bonds is 8. The largest absolute Gasteiger partial charge is 0.378 e. The number of nitrogens with two attached hydrogens (primary N) is 1. The van der Waals surface area contributed by atoms with E-state index >= 15 is 0 Å². The minimum absolute atomic E-state index is 0.0486. The lowest BCUT2D eigenvalue weighted by molar-refractivity contribution is -0.121. The van der Waals surface area contributed by atoms with Gasteiger partial charge in [0.15, 0.2) is 5.82 Å². The van der Waals surface area contributed by atoms with Crippen LogP contribution in [0.25, 0.3) is 11.4 Å². The van der Waals surface area contributed by atoms with Gasteiger partial charge in [0, 0.05) is 61.3 Å². The van der Waals surface area contributed by atoms with Gasteiger partial charge < -0.3 is 45.4 Å². The van der Waals surface area contributed by atoms with E-state index in [9.17, 15) is 14.4 Å². The molecule has 0 bridgehead atoms. The highest BCUT2D eigenvalue weighted by molar-refractivity contribution is 6.01. The maximum Gasteiger partial charge on any atom is 0.323 e. The summed E-state index contributed by atoms with van der Waals surface area (Å²) in [6.45, 7) is 5.69. The van der Waals surface area contributed by atoms with E-state index in [1.54, 1.807) is 36.4 Å². The number of nitrogens with one attached hydrogen (secondary N) is 2. The van der Waals surface area contributed by atoms with Crippen molar-refractivity contribution in [3.63, 3.8) is 0 Å². The highest BCUT2D eigenvalue weighted by atomic mass is 16.5. The zero-order chi connectivity index (χ0) is 32.9. The molecular weight excluding hydrogens is 604 g/mol. The fraction of sp³-hybridized carbons (Fsp3) is 0.438. The van der Waals surface area contributed by atoms with Gasteiger partial charge in [0.1, 0.15) is 6.04 Å². The maximum atomic E-state index is 13.2. The molecule has 1 aromatic heterocycles. The summed E-state index contributed by atoms with van der Waals surface area (Å²) in [5.74, 6) is 0.970. The summed E-state index contributed by atoms with van der Waals surface area (Å²) in [6.07, 6.45) is 0.495. The normalized spacial score (nSPS) is 19.9. The highest BCUT2D eigenvalue weighted by Gasteiger charge is 2.39. The van der Waals surface area contributed by atoms with Crippen LogP contribution in [-0.4, -0.2) is 128 Å². The number of morpholine rings is 2. The average molecular weight is 645 g/mol. The average Bonchev–Trinajstić information content (AvgIpc) is 3.56. The fourth-order valence-corrected chi connectivity index (χ4v) is 5.83. The second-order valence-electron chi connectivity index (χ2n) is 11.9. The summed E-state index contributed by atoms with van der Waals surface area (Å²) in [5.41, 5.74) is 7.87. The van der Waals surface area contributed by atoms with Gasteiger partial charge >= 0.3 is 6.03 Å². The standard InChI is InChI=1S/C32H40N10O5/c1-39(2)25-19-26(27(33)43)42(20-25)29(44)22-5-9-24(10-6-22)35-32(45)34-23-7-3-21(4-8-23)28-36-30(40-11-15-46-16-12-40)38-31(37-28)41-13-17-47-18-14-41/h3-10,25-26H,11-20H2,1-2H3,(H2,33,43)(H2,34,35,45)/t25-,26-/m0/s1. The zero-order valence-corrected chi connectivity index (χ0v) is 26.6. The summed E-state index contributed by atoms with van der Waals surface area (Å²) in [7, 11) is 3.83. The lowest BCUT2D eigenvalue weighted by Crippen LogP contribution is -2.43. The van der Waals surface area contributed by atoms with Crippen molar-refractivity contribution in [1.29, 1.82) is 0 Å². The van der Waals surface area contributed by atoms with Gasteiger partial charge in [-0.3, -0.25) is 9.59 Å². The Morgan fingerprint density at radius 2 is 1.30 bits per heavy atom. The first-order chi connectivity index (χ1) is 22.7. The molecule has 2 aromatic carbocycles. The van der Waals surface area contributed by atoms with Gasteiger partial charge in [-0.15, -0.1) is 0 Å². The number of anilines is 4. The van der Waals surface area contributed by atoms with Crippen molar-refractivity contribution in [2.24, 2.45) is 5.73 Å². The quantitative estimate of drug-likeness (QED) is 0.325. The van der Waals surface area contributed by atoms with Crippen LogP contribution in [0.5, 0.6) is 0 Å². The number of hydrogen-bond acceptors (Lipinski definition) is 11. The molecule has 4 N–H and O–H groups in total. The zero-order valence-electron chi connectivity index (χ0n) is 26.6. The number of carbonyl (C=O) groups is 3. The molecule has 4 amide bonds. The molecule has 3 aliphatic rings. The molecule has 6 rings (SSSR count). The van der Waals surface area contributed by atoms with Crippen LogP contribution in [-0.2, 0) is 14.3 Å². The van der Waals surface area contributed by atoms with E-state index in [1.165, 1.54) is 4.90 Å². The maximum absolute atomic E-state index is 13.2. The molecule has 0 spiro atoms. The van der Waals surface area contributed by atoms with Crippen molar-refractivity contribution in [3.05, 3.63) is 54.1 Å². The Labute approximate surface area is 273 Å². The molecule has 2 atom stereocenters. The third kappa shape index (κ3) is 7.59. The van der Waals surface area contributed by atoms with Gasteiger partial charge in [-0.25, -0.2) is 4.79 Å². The first-order valence-corrected chi connectivity index (χ1v) is 15.7. The number of benzene rings is 2. The Kier molecular flexibility index (Phi) is 9.75. The number of hydrogen-bond donors (Lipinski definition) is 3. The Morgan fingerprint density at radius 3 is 1.79 bits per heavy atom. The lowest BCUT2D eigenvalue weighted by Gasteiger charge is -2.30. The molecule has 0 aliphatic carbocycles. The Balaban J connectivity index is 1.10. The van der Waals surface area contributed by atoms with E-state index in [0.717, 1.165) is 5.56 Å². The van der Waals surface area contributed by atoms with E-state index in [2.05, 4.69) is 20.4 Å². The highest BCUT2D eigenvalue weighted by Crippen LogP contribution is 2.26.